The van der Waals surface area contributed by atoms with Gasteiger partial charge >= 0.3 is 0 Å². The van der Waals surface area contributed by atoms with Crippen molar-refractivity contribution in [3.8, 4) is 5.75 Å². The Morgan fingerprint density at radius 2 is 2.07 bits per heavy atom. The third kappa shape index (κ3) is 3.75. The first-order chi connectivity index (χ1) is 7.13. The second kappa shape index (κ2) is 5.56. The fourth-order valence-corrected chi connectivity index (χ4v) is 1.40. The van der Waals surface area contributed by atoms with Gasteiger partial charge in [-0.2, -0.15) is 0 Å². The maximum atomic E-state index is 10.4. The van der Waals surface area contributed by atoms with Crippen molar-refractivity contribution in [2.24, 2.45) is 0 Å². The van der Waals surface area contributed by atoms with Gasteiger partial charge in [-0.25, -0.2) is 0 Å². The van der Waals surface area contributed by atoms with Gasteiger partial charge in [0.05, 0.1) is 4.92 Å². The lowest BCUT2D eigenvalue weighted by molar-refractivity contribution is -0.384. The summed E-state index contributed by atoms with van der Waals surface area (Å²) in [4.78, 5) is 9.93. The maximum absolute atomic E-state index is 10.4. The largest absolute Gasteiger partial charge is 0.475 e. The molecule has 0 heterocycles. The van der Waals surface area contributed by atoms with Crippen LogP contribution in [0.3, 0.4) is 0 Å². The topological polar surface area (TPSA) is 52.4 Å². The van der Waals surface area contributed by atoms with Crippen LogP contribution in [0, 0.1) is 10.1 Å². The Morgan fingerprint density at radius 1 is 1.47 bits per heavy atom. The van der Waals surface area contributed by atoms with Gasteiger partial charge in [0.25, 0.3) is 5.69 Å². The van der Waals surface area contributed by atoms with Crippen molar-refractivity contribution in [1.82, 2.24) is 0 Å². The Balaban J connectivity index is 2.60. The van der Waals surface area contributed by atoms with Crippen LogP contribution in [0.5, 0.6) is 5.75 Å². The number of halogens is 1. The number of nitro groups is 1. The minimum absolute atomic E-state index is 0.0453. The highest BCUT2D eigenvalue weighted by molar-refractivity contribution is 6.19. The number of alkyl halides is 1. The van der Waals surface area contributed by atoms with E-state index in [1.807, 2.05) is 6.92 Å². The summed E-state index contributed by atoms with van der Waals surface area (Å²) in [5.74, 6) is 0.550. The van der Waals surface area contributed by atoms with Gasteiger partial charge in [0.1, 0.15) is 5.75 Å². The van der Waals surface area contributed by atoms with E-state index in [9.17, 15) is 10.1 Å². The van der Waals surface area contributed by atoms with Gasteiger partial charge in [-0.1, -0.05) is 24.9 Å². The molecule has 0 radical (unpaired) electrons. The molecule has 0 aliphatic rings. The average molecular weight is 230 g/mol. The third-order valence-electron chi connectivity index (χ3n) is 1.83. The van der Waals surface area contributed by atoms with Gasteiger partial charge in [0, 0.05) is 12.1 Å². The molecule has 0 N–H and O–H groups in total. The standard InChI is InChI=1S/C10H12ClNO3/c1-2-3-10(11)15-9-6-4-8(5-7-9)12(13)14/h4-7,10H,2-3H2,1H3. The predicted octanol–water partition coefficient (Wildman–Crippen LogP) is 3.34. The van der Waals surface area contributed by atoms with E-state index in [4.69, 9.17) is 16.3 Å². The second-order valence-corrected chi connectivity index (χ2v) is 3.55. The lowest BCUT2D eigenvalue weighted by Gasteiger charge is -2.10. The van der Waals surface area contributed by atoms with Crippen molar-refractivity contribution in [1.29, 1.82) is 0 Å². The number of benzene rings is 1. The fourth-order valence-electron chi connectivity index (χ4n) is 1.08. The monoisotopic (exact) mass is 229 g/mol. The molecular weight excluding hydrogens is 218 g/mol. The number of rotatable bonds is 5. The molecule has 1 unspecified atom stereocenters. The molecule has 1 aromatic rings. The Hall–Kier alpha value is -1.29. The lowest BCUT2D eigenvalue weighted by atomic mass is 10.3. The highest BCUT2D eigenvalue weighted by atomic mass is 35.5. The lowest BCUT2D eigenvalue weighted by Crippen LogP contribution is -2.07. The van der Waals surface area contributed by atoms with Crippen LogP contribution in [0.25, 0.3) is 0 Å². The molecule has 82 valence electrons. The fraction of sp³-hybridized carbons (Fsp3) is 0.400. The van der Waals surface area contributed by atoms with Gasteiger partial charge in [-0.15, -0.1) is 0 Å². The summed E-state index contributed by atoms with van der Waals surface area (Å²) in [7, 11) is 0. The zero-order chi connectivity index (χ0) is 11.3. The van der Waals surface area contributed by atoms with E-state index in [1.54, 1.807) is 12.1 Å². The average Bonchev–Trinajstić information content (AvgIpc) is 2.18. The summed E-state index contributed by atoms with van der Waals surface area (Å²) in [6.45, 7) is 2.01. The van der Waals surface area contributed by atoms with E-state index in [1.165, 1.54) is 12.1 Å². The summed E-state index contributed by atoms with van der Waals surface area (Å²) in [6.07, 6.45) is 1.68. The minimum Gasteiger partial charge on any atom is -0.475 e. The Kier molecular flexibility index (Phi) is 4.37. The summed E-state index contributed by atoms with van der Waals surface area (Å²) >= 11 is 5.86. The summed E-state index contributed by atoms with van der Waals surface area (Å²) in [6, 6.07) is 5.88. The minimum atomic E-state index is -0.450. The Labute approximate surface area is 93.0 Å². The first-order valence-corrected chi connectivity index (χ1v) is 5.12. The van der Waals surface area contributed by atoms with E-state index in [2.05, 4.69) is 0 Å². The van der Waals surface area contributed by atoms with Crippen molar-refractivity contribution in [3.63, 3.8) is 0 Å². The van der Waals surface area contributed by atoms with Gasteiger partial charge < -0.3 is 4.74 Å². The third-order valence-corrected chi connectivity index (χ3v) is 2.13. The molecule has 1 atom stereocenters. The quantitative estimate of drug-likeness (QED) is 0.442. The second-order valence-electron chi connectivity index (χ2n) is 3.07. The van der Waals surface area contributed by atoms with Crippen LogP contribution in [0.4, 0.5) is 5.69 Å². The summed E-state index contributed by atoms with van der Waals surface area (Å²) < 4.78 is 5.33. The van der Waals surface area contributed by atoms with Crippen molar-refractivity contribution in [2.45, 2.75) is 25.3 Å². The van der Waals surface area contributed by atoms with Crippen molar-refractivity contribution >= 4 is 17.3 Å². The van der Waals surface area contributed by atoms with Crippen LogP contribution in [-0.2, 0) is 0 Å². The molecule has 0 aliphatic heterocycles. The zero-order valence-corrected chi connectivity index (χ0v) is 9.11. The summed E-state index contributed by atoms with van der Waals surface area (Å²) in [5, 5.41) is 10.4. The van der Waals surface area contributed by atoms with Gasteiger partial charge in [0.2, 0.25) is 0 Å². The van der Waals surface area contributed by atoms with E-state index < -0.39 is 4.92 Å². The van der Waals surface area contributed by atoms with Gasteiger partial charge in [-0.05, 0) is 18.6 Å². The number of non-ortho nitro benzene ring substituents is 1. The van der Waals surface area contributed by atoms with E-state index >= 15 is 0 Å². The first-order valence-electron chi connectivity index (χ1n) is 4.68. The normalized spacial score (nSPS) is 12.1. The van der Waals surface area contributed by atoms with Gasteiger partial charge in [-0.3, -0.25) is 10.1 Å². The number of hydrogen-bond donors (Lipinski definition) is 0. The van der Waals surface area contributed by atoms with Crippen LogP contribution in [0.1, 0.15) is 19.8 Å². The molecule has 0 amide bonds. The highest BCUT2D eigenvalue weighted by Crippen LogP contribution is 2.20. The molecule has 0 fully saturated rings. The zero-order valence-electron chi connectivity index (χ0n) is 8.35. The van der Waals surface area contributed by atoms with E-state index in [0.717, 1.165) is 12.8 Å². The molecule has 0 saturated carbocycles. The predicted molar refractivity (Wildman–Crippen MR) is 58.3 cm³/mol. The molecule has 0 bridgehead atoms. The van der Waals surface area contributed by atoms with Crippen LogP contribution in [-0.4, -0.2) is 10.5 Å². The molecule has 0 aromatic heterocycles. The van der Waals surface area contributed by atoms with Crippen molar-refractivity contribution < 1.29 is 9.66 Å². The van der Waals surface area contributed by atoms with Crippen molar-refractivity contribution in [2.75, 3.05) is 0 Å². The molecule has 0 saturated heterocycles. The molecule has 1 aromatic carbocycles. The van der Waals surface area contributed by atoms with E-state index in [0.29, 0.717) is 5.75 Å². The number of nitrogens with zero attached hydrogens (tertiary/aromatic N) is 1. The van der Waals surface area contributed by atoms with Gasteiger partial charge in [0.15, 0.2) is 5.56 Å². The van der Waals surface area contributed by atoms with Crippen LogP contribution >= 0.6 is 11.6 Å². The highest BCUT2D eigenvalue weighted by Gasteiger charge is 2.07. The van der Waals surface area contributed by atoms with Crippen LogP contribution in [0.15, 0.2) is 24.3 Å². The van der Waals surface area contributed by atoms with Crippen molar-refractivity contribution in [3.05, 3.63) is 34.4 Å². The molecular formula is C10H12ClNO3. The summed E-state index contributed by atoms with van der Waals surface area (Å²) in [5.41, 5.74) is -0.333. The molecule has 15 heavy (non-hydrogen) atoms. The number of nitro benzene ring substituents is 1. The SMILES string of the molecule is CCCC(Cl)Oc1ccc([N+](=O)[O-])cc1. The molecule has 1 rings (SSSR count). The molecule has 4 nitrogen and oxygen atoms in total. The first kappa shape index (κ1) is 11.8. The Morgan fingerprint density at radius 3 is 2.53 bits per heavy atom. The van der Waals surface area contributed by atoms with E-state index in [-0.39, 0.29) is 11.3 Å². The maximum Gasteiger partial charge on any atom is 0.269 e. The Bertz CT molecular complexity index is 326. The smallest absolute Gasteiger partial charge is 0.269 e. The molecule has 0 aliphatic carbocycles. The van der Waals surface area contributed by atoms with Crippen LogP contribution in [0.2, 0.25) is 0 Å². The van der Waals surface area contributed by atoms with Crippen LogP contribution < -0.4 is 4.74 Å². The number of ether oxygens (including phenoxy) is 1. The molecule has 0 spiro atoms. The number of hydrogen-bond acceptors (Lipinski definition) is 3. The molecule has 5 heteroatoms.